The standard InChI is InChI=1S/C14H18O8/c1-20-13(19)7-2-4-8(5-3-7)21-14-12(18)11(17)10(16)9(6-15)22-14/h2-5,9-12,14-18H,6H2,1H3/t9?,10-,11+,12?,14-/m1/s1. The Morgan fingerprint density at radius 1 is 1.14 bits per heavy atom. The van der Waals surface area contributed by atoms with Gasteiger partial charge in [-0.05, 0) is 24.3 Å². The molecular formula is C14H18O8. The third-order valence-corrected chi connectivity index (χ3v) is 3.38. The quantitative estimate of drug-likeness (QED) is 0.503. The zero-order chi connectivity index (χ0) is 16.3. The van der Waals surface area contributed by atoms with E-state index in [0.717, 1.165) is 0 Å². The highest BCUT2D eigenvalue weighted by Crippen LogP contribution is 2.24. The molecule has 1 fully saturated rings. The smallest absolute Gasteiger partial charge is 0.337 e. The van der Waals surface area contributed by atoms with Crippen molar-refractivity contribution in [1.29, 1.82) is 0 Å². The number of hydrogen-bond acceptors (Lipinski definition) is 8. The maximum Gasteiger partial charge on any atom is 0.337 e. The summed E-state index contributed by atoms with van der Waals surface area (Å²) >= 11 is 0. The summed E-state index contributed by atoms with van der Waals surface area (Å²) < 4.78 is 15.2. The van der Waals surface area contributed by atoms with Gasteiger partial charge in [-0.1, -0.05) is 0 Å². The lowest BCUT2D eigenvalue weighted by atomic mass is 9.99. The molecule has 1 saturated heterocycles. The zero-order valence-electron chi connectivity index (χ0n) is 11.8. The molecule has 1 aliphatic heterocycles. The van der Waals surface area contributed by atoms with Crippen LogP contribution in [-0.2, 0) is 9.47 Å². The van der Waals surface area contributed by atoms with Gasteiger partial charge in [0.15, 0.2) is 0 Å². The summed E-state index contributed by atoms with van der Waals surface area (Å²) in [5, 5.41) is 38.3. The first kappa shape index (κ1) is 16.7. The average Bonchev–Trinajstić information content (AvgIpc) is 2.55. The summed E-state index contributed by atoms with van der Waals surface area (Å²) in [6.45, 7) is -0.536. The predicted octanol–water partition coefficient (Wildman–Crippen LogP) is -1.35. The molecule has 4 N–H and O–H groups in total. The lowest BCUT2D eigenvalue weighted by molar-refractivity contribution is -0.277. The van der Waals surface area contributed by atoms with Crippen LogP contribution < -0.4 is 4.74 Å². The lowest BCUT2D eigenvalue weighted by Crippen LogP contribution is -2.60. The maximum atomic E-state index is 11.3. The Labute approximate surface area is 126 Å². The van der Waals surface area contributed by atoms with Crippen molar-refractivity contribution in [2.75, 3.05) is 13.7 Å². The topological polar surface area (TPSA) is 126 Å². The molecule has 122 valence electrons. The van der Waals surface area contributed by atoms with Gasteiger partial charge in [-0.2, -0.15) is 0 Å². The minimum absolute atomic E-state index is 0.275. The number of aliphatic hydroxyl groups excluding tert-OH is 4. The van der Waals surface area contributed by atoms with Crippen molar-refractivity contribution >= 4 is 5.97 Å². The normalized spacial score (nSPS) is 31.6. The molecule has 1 aliphatic rings. The second-order valence-electron chi connectivity index (χ2n) is 4.83. The molecule has 0 bridgehead atoms. The van der Waals surface area contributed by atoms with Gasteiger partial charge in [-0.15, -0.1) is 0 Å². The monoisotopic (exact) mass is 314 g/mol. The fourth-order valence-electron chi connectivity index (χ4n) is 2.09. The highest BCUT2D eigenvalue weighted by atomic mass is 16.7. The Morgan fingerprint density at radius 3 is 2.32 bits per heavy atom. The molecule has 5 atom stereocenters. The second kappa shape index (κ2) is 7.03. The first-order valence-electron chi connectivity index (χ1n) is 6.63. The SMILES string of the molecule is COC(=O)c1ccc(O[C@@H]2OC(CO)[C@@H](O)[C@H](O)C2O)cc1. The van der Waals surface area contributed by atoms with Crippen LogP contribution in [0.4, 0.5) is 0 Å². The summed E-state index contributed by atoms with van der Waals surface area (Å²) in [5.74, 6) is -0.226. The van der Waals surface area contributed by atoms with Crippen molar-refractivity contribution in [1.82, 2.24) is 0 Å². The van der Waals surface area contributed by atoms with E-state index >= 15 is 0 Å². The number of ether oxygens (including phenoxy) is 3. The van der Waals surface area contributed by atoms with E-state index in [0.29, 0.717) is 5.56 Å². The van der Waals surface area contributed by atoms with Crippen molar-refractivity contribution in [3.05, 3.63) is 29.8 Å². The molecule has 0 amide bonds. The number of esters is 1. The molecule has 1 aromatic rings. The Bertz CT molecular complexity index is 500. The van der Waals surface area contributed by atoms with Crippen LogP contribution in [0.15, 0.2) is 24.3 Å². The molecule has 0 aliphatic carbocycles. The van der Waals surface area contributed by atoms with E-state index in [9.17, 15) is 20.1 Å². The highest BCUT2D eigenvalue weighted by molar-refractivity contribution is 5.89. The number of rotatable bonds is 4. The van der Waals surface area contributed by atoms with Crippen molar-refractivity contribution in [2.45, 2.75) is 30.7 Å². The second-order valence-corrected chi connectivity index (χ2v) is 4.83. The van der Waals surface area contributed by atoms with Crippen LogP contribution in [0.1, 0.15) is 10.4 Å². The van der Waals surface area contributed by atoms with E-state index in [4.69, 9.17) is 14.6 Å². The maximum absolute atomic E-state index is 11.3. The summed E-state index contributed by atoms with van der Waals surface area (Å²) in [6, 6.07) is 5.86. The van der Waals surface area contributed by atoms with Gasteiger partial charge in [0.25, 0.3) is 0 Å². The lowest BCUT2D eigenvalue weighted by Gasteiger charge is -2.39. The molecule has 0 radical (unpaired) electrons. The summed E-state index contributed by atoms with van der Waals surface area (Å²) in [5.41, 5.74) is 0.323. The minimum atomic E-state index is -1.51. The predicted molar refractivity (Wildman–Crippen MR) is 72.2 cm³/mol. The summed E-state index contributed by atoms with van der Waals surface area (Å²) in [6.07, 6.45) is -6.75. The van der Waals surface area contributed by atoms with E-state index in [-0.39, 0.29) is 5.75 Å². The number of methoxy groups -OCH3 is 1. The van der Waals surface area contributed by atoms with Gasteiger partial charge >= 0.3 is 5.97 Å². The van der Waals surface area contributed by atoms with Gasteiger partial charge in [0.1, 0.15) is 30.2 Å². The number of hydrogen-bond donors (Lipinski definition) is 4. The Balaban J connectivity index is 2.07. The van der Waals surface area contributed by atoms with E-state index in [1.807, 2.05) is 0 Å². The molecule has 1 heterocycles. The van der Waals surface area contributed by atoms with Gasteiger partial charge in [0.2, 0.25) is 6.29 Å². The van der Waals surface area contributed by atoms with Crippen LogP contribution in [0, 0.1) is 0 Å². The number of carbonyl (C=O) groups is 1. The summed E-state index contributed by atoms with van der Waals surface area (Å²) in [7, 11) is 1.26. The molecular weight excluding hydrogens is 296 g/mol. The van der Waals surface area contributed by atoms with Crippen LogP contribution in [0.25, 0.3) is 0 Å². The van der Waals surface area contributed by atoms with E-state index in [2.05, 4.69) is 4.74 Å². The minimum Gasteiger partial charge on any atom is -0.465 e. The van der Waals surface area contributed by atoms with E-state index in [1.165, 1.54) is 31.4 Å². The Kier molecular flexibility index (Phi) is 5.33. The summed E-state index contributed by atoms with van der Waals surface area (Å²) in [4.78, 5) is 11.3. The molecule has 8 nitrogen and oxygen atoms in total. The van der Waals surface area contributed by atoms with Crippen molar-refractivity contribution in [3.8, 4) is 5.75 Å². The fourth-order valence-corrected chi connectivity index (χ4v) is 2.09. The van der Waals surface area contributed by atoms with Gasteiger partial charge in [-0.25, -0.2) is 4.79 Å². The fraction of sp³-hybridized carbons (Fsp3) is 0.500. The van der Waals surface area contributed by atoms with Crippen LogP contribution >= 0.6 is 0 Å². The van der Waals surface area contributed by atoms with Crippen LogP contribution in [0.2, 0.25) is 0 Å². The number of carbonyl (C=O) groups excluding carboxylic acids is 1. The Morgan fingerprint density at radius 2 is 1.77 bits per heavy atom. The van der Waals surface area contributed by atoms with Crippen LogP contribution in [0.5, 0.6) is 5.75 Å². The van der Waals surface area contributed by atoms with Crippen LogP contribution in [-0.4, -0.2) is 70.8 Å². The molecule has 0 spiro atoms. The van der Waals surface area contributed by atoms with Crippen molar-refractivity contribution in [2.24, 2.45) is 0 Å². The number of aliphatic hydroxyl groups is 4. The first-order valence-corrected chi connectivity index (χ1v) is 6.63. The largest absolute Gasteiger partial charge is 0.465 e. The van der Waals surface area contributed by atoms with Gasteiger partial charge in [0.05, 0.1) is 19.3 Å². The van der Waals surface area contributed by atoms with Gasteiger partial charge in [0, 0.05) is 0 Å². The van der Waals surface area contributed by atoms with Crippen molar-refractivity contribution < 1.29 is 39.4 Å². The third-order valence-electron chi connectivity index (χ3n) is 3.38. The highest BCUT2D eigenvalue weighted by Gasteiger charge is 2.44. The molecule has 0 aromatic heterocycles. The average molecular weight is 314 g/mol. The molecule has 22 heavy (non-hydrogen) atoms. The molecule has 8 heteroatoms. The Hall–Kier alpha value is -1.71. The molecule has 2 rings (SSSR count). The zero-order valence-corrected chi connectivity index (χ0v) is 11.8. The van der Waals surface area contributed by atoms with E-state index < -0.39 is 43.3 Å². The van der Waals surface area contributed by atoms with E-state index in [1.54, 1.807) is 0 Å². The first-order chi connectivity index (χ1) is 10.5. The number of benzene rings is 1. The molecule has 1 aromatic carbocycles. The van der Waals surface area contributed by atoms with Gasteiger partial charge < -0.3 is 34.6 Å². The van der Waals surface area contributed by atoms with Gasteiger partial charge in [-0.3, -0.25) is 0 Å². The third kappa shape index (κ3) is 3.37. The van der Waals surface area contributed by atoms with Crippen molar-refractivity contribution in [3.63, 3.8) is 0 Å². The molecule has 2 unspecified atom stereocenters. The molecule has 0 saturated carbocycles. The van der Waals surface area contributed by atoms with Crippen LogP contribution in [0.3, 0.4) is 0 Å².